The van der Waals surface area contributed by atoms with Gasteiger partial charge in [-0.05, 0) is 35.4 Å². The summed E-state index contributed by atoms with van der Waals surface area (Å²) in [5, 5.41) is 8.85. The quantitative estimate of drug-likeness (QED) is 0.639. The van der Waals surface area contributed by atoms with Crippen LogP contribution in [0.3, 0.4) is 0 Å². The molecule has 1 N–H and O–H groups in total. The Morgan fingerprint density at radius 2 is 1.57 bits per heavy atom. The van der Waals surface area contributed by atoms with Crippen molar-refractivity contribution in [3.05, 3.63) is 70.8 Å². The molecule has 0 atom stereocenters. The van der Waals surface area contributed by atoms with E-state index in [9.17, 15) is 27.6 Å². The minimum atomic E-state index is -4.47. The molecule has 2 aromatic rings. The van der Waals surface area contributed by atoms with Crippen molar-refractivity contribution >= 4 is 29.4 Å². The third kappa shape index (κ3) is 3.80. The molecule has 0 unspecified atom stereocenters. The average molecular weight is 389 g/mol. The number of fused-ring (bicyclic) bond motifs is 1. The Kier molecular flexibility index (Phi) is 5.04. The zero-order chi connectivity index (χ0) is 20.5. The summed E-state index contributed by atoms with van der Waals surface area (Å²) in [6, 6.07) is 10.6. The zero-order valence-corrected chi connectivity index (χ0v) is 14.4. The molecule has 3 rings (SSSR count). The van der Waals surface area contributed by atoms with Crippen LogP contribution in [0.1, 0.15) is 33.5 Å². The highest BCUT2D eigenvalue weighted by atomic mass is 19.4. The van der Waals surface area contributed by atoms with Crippen LogP contribution in [0.5, 0.6) is 0 Å². The zero-order valence-electron chi connectivity index (χ0n) is 14.4. The van der Waals surface area contributed by atoms with Gasteiger partial charge in [-0.25, -0.2) is 0 Å². The fourth-order valence-electron chi connectivity index (χ4n) is 2.89. The summed E-state index contributed by atoms with van der Waals surface area (Å²) in [5.41, 5.74) is 0.219. The third-order valence-corrected chi connectivity index (χ3v) is 4.27. The molecule has 5 nitrogen and oxygen atoms in total. The number of amides is 2. The number of halogens is 3. The van der Waals surface area contributed by atoms with Crippen molar-refractivity contribution in [3.8, 4) is 0 Å². The molecule has 1 aliphatic rings. The third-order valence-electron chi connectivity index (χ3n) is 4.27. The summed E-state index contributed by atoms with van der Waals surface area (Å²) in [6.07, 6.45) is -3.49. The van der Waals surface area contributed by atoms with Crippen LogP contribution in [0.4, 0.5) is 13.2 Å². The Morgan fingerprint density at radius 3 is 2.14 bits per heavy atom. The standard InChI is InChI=1S/C20H14F3NO4/c21-20(22,23)13-7-5-12(6-8-13)11-16-14-3-1-2-4-15(14)18(27)24(19(16)28)10-9-17(25)26/h1-8,11H,9-10H2,(H,25,26)/b16-11-. The van der Waals surface area contributed by atoms with E-state index in [0.717, 1.165) is 17.0 Å². The number of alkyl halides is 3. The molecule has 0 fully saturated rings. The van der Waals surface area contributed by atoms with Gasteiger partial charge in [0.15, 0.2) is 0 Å². The van der Waals surface area contributed by atoms with Crippen LogP contribution in [-0.4, -0.2) is 34.3 Å². The van der Waals surface area contributed by atoms with Gasteiger partial charge in [-0.2, -0.15) is 13.2 Å². The molecular formula is C20H14F3NO4. The van der Waals surface area contributed by atoms with Crippen molar-refractivity contribution in [3.63, 3.8) is 0 Å². The van der Waals surface area contributed by atoms with E-state index in [2.05, 4.69) is 0 Å². The largest absolute Gasteiger partial charge is 0.481 e. The van der Waals surface area contributed by atoms with Crippen LogP contribution in [0.15, 0.2) is 48.5 Å². The van der Waals surface area contributed by atoms with Gasteiger partial charge in [0.1, 0.15) is 0 Å². The van der Waals surface area contributed by atoms with Gasteiger partial charge in [-0.3, -0.25) is 19.3 Å². The average Bonchev–Trinajstić information content (AvgIpc) is 2.64. The van der Waals surface area contributed by atoms with E-state index in [1.165, 1.54) is 24.3 Å². The van der Waals surface area contributed by atoms with E-state index in [4.69, 9.17) is 5.11 Å². The number of benzene rings is 2. The maximum Gasteiger partial charge on any atom is 0.416 e. The first-order valence-corrected chi connectivity index (χ1v) is 8.25. The molecule has 2 amide bonds. The lowest BCUT2D eigenvalue weighted by Crippen LogP contribution is -2.42. The second kappa shape index (κ2) is 7.30. The summed E-state index contributed by atoms with van der Waals surface area (Å²) < 4.78 is 38.2. The molecule has 0 saturated heterocycles. The lowest BCUT2D eigenvalue weighted by atomic mass is 9.92. The van der Waals surface area contributed by atoms with Gasteiger partial charge in [-0.1, -0.05) is 30.3 Å². The van der Waals surface area contributed by atoms with E-state index in [-0.39, 0.29) is 17.7 Å². The first-order valence-electron chi connectivity index (χ1n) is 8.25. The fraction of sp³-hybridized carbons (Fsp3) is 0.150. The van der Waals surface area contributed by atoms with Gasteiger partial charge in [0, 0.05) is 17.7 Å². The van der Waals surface area contributed by atoms with Crippen molar-refractivity contribution in [1.82, 2.24) is 4.90 Å². The highest BCUT2D eigenvalue weighted by Crippen LogP contribution is 2.32. The van der Waals surface area contributed by atoms with Crippen LogP contribution in [0.2, 0.25) is 0 Å². The second-order valence-corrected chi connectivity index (χ2v) is 6.13. The number of carbonyl (C=O) groups is 3. The Morgan fingerprint density at radius 1 is 0.964 bits per heavy atom. The second-order valence-electron chi connectivity index (χ2n) is 6.13. The number of carboxylic acid groups (broad SMARTS) is 1. The minimum absolute atomic E-state index is 0.111. The molecule has 8 heteroatoms. The Hall–Kier alpha value is -3.42. The highest BCUT2D eigenvalue weighted by molar-refractivity contribution is 6.33. The number of nitrogens with zero attached hydrogens (tertiary/aromatic N) is 1. The number of hydrogen-bond acceptors (Lipinski definition) is 3. The molecule has 1 heterocycles. The van der Waals surface area contributed by atoms with Crippen molar-refractivity contribution in [1.29, 1.82) is 0 Å². The number of carbonyl (C=O) groups excluding carboxylic acids is 2. The molecule has 0 saturated carbocycles. The van der Waals surface area contributed by atoms with Crippen molar-refractivity contribution < 1.29 is 32.7 Å². The monoisotopic (exact) mass is 389 g/mol. The molecule has 0 bridgehead atoms. The number of hydrogen-bond donors (Lipinski definition) is 1. The smallest absolute Gasteiger partial charge is 0.416 e. The number of aliphatic carboxylic acids is 1. The molecule has 2 aromatic carbocycles. The van der Waals surface area contributed by atoms with E-state index in [0.29, 0.717) is 11.1 Å². The molecule has 0 aliphatic carbocycles. The van der Waals surface area contributed by atoms with Gasteiger partial charge in [0.25, 0.3) is 11.8 Å². The normalized spacial score (nSPS) is 15.7. The first-order chi connectivity index (χ1) is 13.2. The Labute approximate surface area is 157 Å². The highest BCUT2D eigenvalue weighted by Gasteiger charge is 2.35. The van der Waals surface area contributed by atoms with Crippen LogP contribution in [-0.2, 0) is 15.8 Å². The topological polar surface area (TPSA) is 74.7 Å². The van der Waals surface area contributed by atoms with Crippen molar-refractivity contribution in [2.45, 2.75) is 12.6 Å². The minimum Gasteiger partial charge on any atom is -0.481 e. The van der Waals surface area contributed by atoms with Gasteiger partial charge in [0.2, 0.25) is 0 Å². The summed E-state index contributed by atoms with van der Waals surface area (Å²) in [4.78, 5) is 37.0. The fourth-order valence-corrected chi connectivity index (χ4v) is 2.89. The molecule has 144 valence electrons. The van der Waals surface area contributed by atoms with Gasteiger partial charge >= 0.3 is 12.1 Å². The predicted octanol–water partition coefficient (Wildman–Crippen LogP) is 3.70. The maximum atomic E-state index is 12.8. The van der Waals surface area contributed by atoms with Crippen LogP contribution in [0.25, 0.3) is 11.6 Å². The van der Waals surface area contributed by atoms with E-state index >= 15 is 0 Å². The van der Waals surface area contributed by atoms with Gasteiger partial charge in [0.05, 0.1) is 12.0 Å². The Bertz CT molecular complexity index is 978. The number of imide groups is 1. The maximum absolute atomic E-state index is 12.8. The summed E-state index contributed by atoms with van der Waals surface area (Å²) in [7, 11) is 0. The predicted molar refractivity (Wildman–Crippen MR) is 94.1 cm³/mol. The molecule has 28 heavy (non-hydrogen) atoms. The van der Waals surface area contributed by atoms with Gasteiger partial charge in [-0.15, -0.1) is 0 Å². The lowest BCUT2D eigenvalue weighted by Gasteiger charge is -2.28. The molecule has 0 aromatic heterocycles. The van der Waals surface area contributed by atoms with E-state index in [1.807, 2.05) is 0 Å². The summed E-state index contributed by atoms with van der Waals surface area (Å²) >= 11 is 0. The van der Waals surface area contributed by atoms with Crippen molar-refractivity contribution in [2.75, 3.05) is 6.54 Å². The van der Waals surface area contributed by atoms with Crippen LogP contribution >= 0.6 is 0 Å². The molecule has 0 radical (unpaired) electrons. The Balaban J connectivity index is 2.04. The van der Waals surface area contributed by atoms with Gasteiger partial charge < -0.3 is 5.11 Å². The number of rotatable bonds is 4. The number of carboxylic acids is 1. The summed E-state index contributed by atoms with van der Waals surface area (Å²) in [6.45, 7) is -0.300. The van der Waals surface area contributed by atoms with E-state index in [1.54, 1.807) is 18.2 Å². The lowest BCUT2D eigenvalue weighted by molar-refractivity contribution is -0.138. The molecular weight excluding hydrogens is 375 g/mol. The van der Waals surface area contributed by atoms with Crippen LogP contribution < -0.4 is 0 Å². The SMILES string of the molecule is O=C(O)CCN1C(=O)/C(=C\c2ccc(C(F)(F)F)cc2)c2ccccc2C1=O. The molecule has 0 spiro atoms. The van der Waals surface area contributed by atoms with Crippen LogP contribution in [0, 0.1) is 0 Å². The van der Waals surface area contributed by atoms with Crippen molar-refractivity contribution in [2.24, 2.45) is 0 Å². The summed E-state index contributed by atoms with van der Waals surface area (Å²) in [5.74, 6) is -2.45. The molecule has 1 aliphatic heterocycles. The van der Waals surface area contributed by atoms with E-state index < -0.39 is 35.9 Å². The first kappa shape index (κ1) is 19.3.